The number of anilines is 1. The lowest BCUT2D eigenvalue weighted by Crippen LogP contribution is -2.16. The molecule has 0 bridgehead atoms. The van der Waals surface area contributed by atoms with Gasteiger partial charge in [-0.2, -0.15) is 0 Å². The van der Waals surface area contributed by atoms with Crippen LogP contribution in [0.5, 0.6) is 0 Å². The van der Waals surface area contributed by atoms with E-state index in [1.165, 1.54) is 16.1 Å². The van der Waals surface area contributed by atoms with Crippen molar-refractivity contribution in [1.29, 1.82) is 0 Å². The molecule has 1 nitrogen and oxygen atoms in total. The van der Waals surface area contributed by atoms with Gasteiger partial charge in [0.2, 0.25) is 0 Å². The minimum Gasteiger partial charge on any atom is -0.377 e. The molecule has 3 heteroatoms. The van der Waals surface area contributed by atoms with E-state index >= 15 is 0 Å². The van der Waals surface area contributed by atoms with Gasteiger partial charge >= 0.3 is 0 Å². The van der Waals surface area contributed by atoms with Crippen molar-refractivity contribution in [2.45, 2.75) is 39.2 Å². The number of thiophene rings is 1. The maximum absolute atomic E-state index is 6.00. The van der Waals surface area contributed by atoms with Crippen LogP contribution in [0.3, 0.4) is 0 Å². The molecule has 0 spiro atoms. The molecule has 0 saturated heterocycles. The van der Waals surface area contributed by atoms with Gasteiger partial charge in [-0.05, 0) is 36.1 Å². The Morgan fingerprint density at radius 1 is 1.11 bits per heavy atom. The van der Waals surface area contributed by atoms with Crippen LogP contribution in [0.4, 0.5) is 5.69 Å². The number of benzene rings is 1. The fraction of sp³-hybridized carbons (Fsp3) is 0.375. The van der Waals surface area contributed by atoms with Gasteiger partial charge in [0, 0.05) is 10.6 Å². The SMILES string of the molecule is CC(Nc1ccccc1C(C)(C)C)c1ccc(Cl)s1. The first-order chi connectivity index (χ1) is 8.88. The Kier molecular flexibility index (Phi) is 4.22. The average molecular weight is 294 g/mol. The lowest BCUT2D eigenvalue weighted by molar-refractivity contribution is 0.591. The summed E-state index contributed by atoms with van der Waals surface area (Å²) in [7, 11) is 0. The molecule has 0 amide bonds. The molecule has 0 aliphatic carbocycles. The minimum absolute atomic E-state index is 0.135. The summed E-state index contributed by atoms with van der Waals surface area (Å²) in [6, 6.07) is 12.8. The standard InChI is InChI=1S/C16H20ClNS/c1-11(14-9-10-15(17)19-14)18-13-8-6-5-7-12(13)16(2,3)4/h5-11,18H,1-4H3. The summed E-state index contributed by atoms with van der Waals surface area (Å²) in [5.74, 6) is 0. The summed E-state index contributed by atoms with van der Waals surface area (Å²) in [6.45, 7) is 8.88. The normalized spacial score (nSPS) is 13.3. The molecule has 1 heterocycles. The van der Waals surface area contributed by atoms with Crippen LogP contribution in [0, 0.1) is 0 Å². The summed E-state index contributed by atoms with van der Waals surface area (Å²) in [5.41, 5.74) is 2.67. The monoisotopic (exact) mass is 293 g/mol. The molecule has 1 atom stereocenters. The third-order valence-electron chi connectivity index (χ3n) is 3.13. The van der Waals surface area contributed by atoms with Crippen LogP contribution in [0.15, 0.2) is 36.4 Å². The molecule has 1 aromatic carbocycles. The van der Waals surface area contributed by atoms with Gasteiger partial charge in [0.1, 0.15) is 0 Å². The lowest BCUT2D eigenvalue weighted by atomic mass is 9.85. The molecular formula is C16H20ClNS. The van der Waals surface area contributed by atoms with Gasteiger partial charge in [-0.1, -0.05) is 50.6 Å². The number of rotatable bonds is 3. The molecule has 0 radical (unpaired) electrons. The second-order valence-corrected chi connectivity index (χ2v) is 7.55. The van der Waals surface area contributed by atoms with Crippen LogP contribution < -0.4 is 5.32 Å². The highest BCUT2D eigenvalue weighted by Gasteiger charge is 2.18. The molecule has 0 fully saturated rings. The van der Waals surface area contributed by atoms with E-state index in [1.54, 1.807) is 11.3 Å². The number of nitrogens with one attached hydrogen (secondary N) is 1. The maximum Gasteiger partial charge on any atom is 0.0932 e. The summed E-state index contributed by atoms with van der Waals surface area (Å²) >= 11 is 7.63. The molecule has 1 N–H and O–H groups in total. The van der Waals surface area contributed by atoms with Crippen LogP contribution in [0.1, 0.15) is 44.2 Å². The van der Waals surface area contributed by atoms with Crippen molar-refractivity contribution in [2.75, 3.05) is 5.32 Å². The Labute approximate surface area is 124 Å². The summed E-state index contributed by atoms with van der Waals surface area (Å²) in [5, 5.41) is 3.60. The Morgan fingerprint density at radius 3 is 2.37 bits per heavy atom. The third-order valence-corrected chi connectivity index (χ3v) is 4.54. The van der Waals surface area contributed by atoms with E-state index in [0.29, 0.717) is 0 Å². The van der Waals surface area contributed by atoms with E-state index in [-0.39, 0.29) is 11.5 Å². The van der Waals surface area contributed by atoms with Crippen molar-refractivity contribution in [2.24, 2.45) is 0 Å². The zero-order valence-electron chi connectivity index (χ0n) is 11.8. The van der Waals surface area contributed by atoms with Gasteiger partial charge in [0.25, 0.3) is 0 Å². The van der Waals surface area contributed by atoms with Crippen molar-refractivity contribution in [3.63, 3.8) is 0 Å². The van der Waals surface area contributed by atoms with Gasteiger partial charge in [0.05, 0.1) is 10.4 Å². The van der Waals surface area contributed by atoms with E-state index in [9.17, 15) is 0 Å². The van der Waals surface area contributed by atoms with Crippen LogP contribution in [0.25, 0.3) is 0 Å². The molecule has 0 aliphatic rings. The fourth-order valence-electron chi connectivity index (χ4n) is 2.13. The van der Waals surface area contributed by atoms with E-state index in [4.69, 9.17) is 11.6 Å². The third kappa shape index (κ3) is 3.52. The predicted molar refractivity (Wildman–Crippen MR) is 86.5 cm³/mol. The predicted octanol–water partition coefficient (Wildman–Crippen LogP) is 5.87. The van der Waals surface area contributed by atoms with Gasteiger partial charge < -0.3 is 5.32 Å². The van der Waals surface area contributed by atoms with Crippen LogP contribution >= 0.6 is 22.9 Å². The van der Waals surface area contributed by atoms with Crippen LogP contribution in [-0.2, 0) is 5.41 Å². The molecule has 1 aromatic heterocycles. The zero-order chi connectivity index (χ0) is 14.0. The first-order valence-electron chi connectivity index (χ1n) is 6.49. The van der Waals surface area contributed by atoms with Gasteiger partial charge in [0.15, 0.2) is 0 Å². The minimum atomic E-state index is 0.135. The Morgan fingerprint density at radius 2 is 1.79 bits per heavy atom. The number of para-hydroxylation sites is 1. The van der Waals surface area contributed by atoms with E-state index in [0.717, 1.165) is 4.34 Å². The molecule has 102 valence electrons. The quantitative estimate of drug-likeness (QED) is 0.746. The van der Waals surface area contributed by atoms with Crippen molar-refractivity contribution < 1.29 is 0 Å². The molecule has 19 heavy (non-hydrogen) atoms. The van der Waals surface area contributed by atoms with Crippen LogP contribution in [-0.4, -0.2) is 0 Å². The number of hydrogen-bond donors (Lipinski definition) is 1. The molecule has 2 rings (SSSR count). The average Bonchev–Trinajstić information content (AvgIpc) is 2.75. The summed E-state index contributed by atoms with van der Waals surface area (Å²) in [6.07, 6.45) is 0. The molecule has 2 aromatic rings. The molecular weight excluding hydrogens is 274 g/mol. The lowest BCUT2D eigenvalue weighted by Gasteiger charge is -2.25. The number of halogens is 1. The fourth-order valence-corrected chi connectivity index (χ4v) is 3.19. The van der Waals surface area contributed by atoms with E-state index < -0.39 is 0 Å². The van der Waals surface area contributed by atoms with E-state index in [2.05, 4.69) is 63.3 Å². The Balaban J connectivity index is 2.24. The highest BCUT2D eigenvalue weighted by atomic mass is 35.5. The van der Waals surface area contributed by atoms with Crippen molar-refractivity contribution in [3.8, 4) is 0 Å². The van der Waals surface area contributed by atoms with Gasteiger partial charge in [-0.25, -0.2) is 0 Å². The smallest absolute Gasteiger partial charge is 0.0932 e. The Bertz CT molecular complexity index is 554. The molecule has 0 saturated carbocycles. The largest absolute Gasteiger partial charge is 0.377 e. The van der Waals surface area contributed by atoms with Crippen LogP contribution in [0.2, 0.25) is 4.34 Å². The topological polar surface area (TPSA) is 12.0 Å². The van der Waals surface area contributed by atoms with Crippen molar-refractivity contribution in [1.82, 2.24) is 0 Å². The maximum atomic E-state index is 6.00. The first-order valence-corrected chi connectivity index (χ1v) is 7.68. The summed E-state index contributed by atoms with van der Waals surface area (Å²) < 4.78 is 0.841. The van der Waals surface area contributed by atoms with E-state index in [1.807, 2.05) is 6.07 Å². The highest BCUT2D eigenvalue weighted by Crippen LogP contribution is 2.33. The molecule has 0 aliphatic heterocycles. The van der Waals surface area contributed by atoms with Crippen molar-refractivity contribution in [3.05, 3.63) is 51.2 Å². The first kappa shape index (κ1) is 14.4. The van der Waals surface area contributed by atoms with Crippen molar-refractivity contribution >= 4 is 28.6 Å². The second-order valence-electron chi connectivity index (χ2n) is 5.80. The van der Waals surface area contributed by atoms with Gasteiger partial charge in [-0.15, -0.1) is 11.3 Å². The number of hydrogen-bond acceptors (Lipinski definition) is 2. The zero-order valence-corrected chi connectivity index (χ0v) is 13.4. The molecule has 1 unspecified atom stereocenters. The highest BCUT2D eigenvalue weighted by molar-refractivity contribution is 7.16. The second kappa shape index (κ2) is 5.56. The summed E-state index contributed by atoms with van der Waals surface area (Å²) in [4.78, 5) is 1.26. The van der Waals surface area contributed by atoms with Gasteiger partial charge in [-0.3, -0.25) is 0 Å². The Hall–Kier alpha value is -0.990.